The van der Waals surface area contributed by atoms with Gasteiger partial charge in [-0.15, -0.1) is 5.10 Å². The van der Waals surface area contributed by atoms with Gasteiger partial charge in [-0.1, -0.05) is 17.3 Å². The molecule has 1 aromatic carbocycles. The van der Waals surface area contributed by atoms with Crippen molar-refractivity contribution in [3.05, 3.63) is 23.8 Å². The van der Waals surface area contributed by atoms with Crippen LogP contribution in [0.25, 0.3) is 11.0 Å². The summed E-state index contributed by atoms with van der Waals surface area (Å²) in [6.07, 6.45) is 0.841. The van der Waals surface area contributed by atoms with Crippen molar-refractivity contribution >= 4 is 11.0 Å². The van der Waals surface area contributed by atoms with Gasteiger partial charge in [-0.05, 0) is 38.8 Å². The first-order valence-electron chi connectivity index (χ1n) is 5.68. The average Bonchev–Trinajstić information content (AvgIpc) is 2.61. The van der Waals surface area contributed by atoms with Gasteiger partial charge in [-0.3, -0.25) is 0 Å². The van der Waals surface area contributed by atoms with E-state index in [0.717, 1.165) is 17.5 Å². The Balaban J connectivity index is 2.53. The summed E-state index contributed by atoms with van der Waals surface area (Å²) in [6.45, 7) is 6.21. The molecule has 0 saturated carbocycles. The van der Waals surface area contributed by atoms with Crippen molar-refractivity contribution in [3.8, 4) is 0 Å². The van der Waals surface area contributed by atoms with E-state index in [0.29, 0.717) is 6.04 Å². The Labute approximate surface area is 95.4 Å². The van der Waals surface area contributed by atoms with E-state index >= 15 is 0 Å². The minimum absolute atomic E-state index is 0.148. The molecule has 4 nitrogen and oxygen atoms in total. The molecule has 2 rings (SSSR count). The highest BCUT2D eigenvalue weighted by atomic mass is 15.4. The molecule has 16 heavy (non-hydrogen) atoms. The molecule has 0 aliphatic rings. The summed E-state index contributed by atoms with van der Waals surface area (Å²) in [6, 6.07) is 6.65. The van der Waals surface area contributed by atoms with E-state index in [1.807, 2.05) is 17.7 Å². The standard InChI is InChI=1S/C12H18N4/c1-8(2)16-11-6-4-5-10(7-9(3)13)12(11)14-15-16/h4-6,8-9H,7,13H2,1-3H3. The van der Waals surface area contributed by atoms with E-state index in [-0.39, 0.29) is 6.04 Å². The lowest BCUT2D eigenvalue weighted by atomic mass is 10.1. The molecule has 0 bridgehead atoms. The Bertz CT molecular complexity index is 485. The molecular weight excluding hydrogens is 200 g/mol. The van der Waals surface area contributed by atoms with Gasteiger partial charge in [0.15, 0.2) is 0 Å². The van der Waals surface area contributed by atoms with Crippen molar-refractivity contribution in [2.45, 2.75) is 39.3 Å². The normalized spacial score (nSPS) is 13.6. The molecule has 0 amide bonds. The van der Waals surface area contributed by atoms with E-state index < -0.39 is 0 Å². The lowest BCUT2D eigenvalue weighted by molar-refractivity contribution is 0.530. The molecule has 2 N–H and O–H groups in total. The second-order valence-corrected chi connectivity index (χ2v) is 4.59. The van der Waals surface area contributed by atoms with E-state index in [2.05, 4.69) is 36.3 Å². The summed E-state index contributed by atoms with van der Waals surface area (Å²) < 4.78 is 1.94. The monoisotopic (exact) mass is 218 g/mol. The van der Waals surface area contributed by atoms with Crippen LogP contribution in [0.1, 0.15) is 32.4 Å². The lowest BCUT2D eigenvalue weighted by Gasteiger charge is -2.07. The lowest BCUT2D eigenvalue weighted by Crippen LogP contribution is -2.17. The maximum atomic E-state index is 5.83. The first-order chi connectivity index (χ1) is 7.59. The van der Waals surface area contributed by atoms with E-state index in [9.17, 15) is 0 Å². The Morgan fingerprint density at radius 1 is 1.31 bits per heavy atom. The molecule has 1 unspecified atom stereocenters. The van der Waals surface area contributed by atoms with E-state index in [4.69, 9.17) is 5.73 Å². The number of nitrogens with zero attached hydrogens (tertiary/aromatic N) is 3. The summed E-state index contributed by atoms with van der Waals surface area (Å²) in [5.74, 6) is 0. The zero-order valence-corrected chi connectivity index (χ0v) is 10.0. The van der Waals surface area contributed by atoms with Crippen molar-refractivity contribution in [2.75, 3.05) is 0 Å². The first-order valence-corrected chi connectivity index (χ1v) is 5.68. The van der Waals surface area contributed by atoms with Gasteiger partial charge in [0.05, 0.1) is 5.52 Å². The quantitative estimate of drug-likeness (QED) is 0.856. The Morgan fingerprint density at radius 2 is 2.06 bits per heavy atom. The molecule has 1 aromatic heterocycles. The highest BCUT2D eigenvalue weighted by molar-refractivity contribution is 5.78. The minimum atomic E-state index is 0.148. The zero-order valence-electron chi connectivity index (χ0n) is 10.0. The molecule has 1 atom stereocenters. The number of rotatable bonds is 3. The molecule has 86 valence electrons. The predicted octanol–water partition coefficient (Wildman–Crippen LogP) is 1.90. The van der Waals surface area contributed by atoms with Crippen LogP contribution in [0, 0.1) is 0 Å². The summed E-state index contributed by atoms with van der Waals surface area (Å²) in [5.41, 5.74) is 9.08. The molecule has 0 fully saturated rings. The summed E-state index contributed by atoms with van der Waals surface area (Å²) in [7, 11) is 0. The number of hydrogen-bond donors (Lipinski definition) is 1. The smallest absolute Gasteiger partial charge is 0.116 e. The zero-order chi connectivity index (χ0) is 11.7. The molecule has 0 spiro atoms. The largest absolute Gasteiger partial charge is 0.328 e. The van der Waals surface area contributed by atoms with Gasteiger partial charge in [0, 0.05) is 12.1 Å². The average molecular weight is 218 g/mol. The molecule has 0 aliphatic heterocycles. The SMILES string of the molecule is CC(N)Cc1cccc2c1nnn2C(C)C. The number of hydrogen-bond acceptors (Lipinski definition) is 3. The fraction of sp³-hybridized carbons (Fsp3) is 0.500. The number of aromatic nitrogens is 3. The maximum absolute atomic E-state index is 5.83. The summed E-state index contributed by atoms with van der Waals surface area (Å²) >= 11 is 0. The Morgan fingerprint density at radius 3 is 2.69 bits per heavy atom. The second kappa shape index (κ2) is 4.22. The fourth-order valence-electron chi connectivity index (χ4n) is 1.91. The van der Waals surface area contributed by atoms with Gasteiger partial charge in [-0.2, -0.15) is 0 Å². The Hall–Kier alpha value is -1.42. The van der Waals surface area contributed by atoms with Gasteiger partial charge in [-0.25, -0.2) is 4.68 Å². The number of benzene rings is 1. The molecule has 0 saturated heterocycles. The maximum Gasteiger partial charge on any atom is 0.116 e. The van der Waals surface area contributed by atoms with Crippen LogP contribution in [0.15, 0.2) is 18.2 Å². The second-order valence-electron chi connectivity index (χ2n) is 4.59. The van der Waals surface area contributed by atoms with Crippen molar-refractivity contribution in [2.24, 2.45) is 5.73 Å². The third-order valence-electron chi connectivity index (χ3n) is 2.62. The molecule has 0 aliphatic carbocycles. The van der Waals surface area contributed by atoms with Crippen molar-refractivity contribution in [1.82, 2.24) is 15.0 Å². The van der Waals surface area contributed by atoms with Crippen LogP contribution in [0.5, 0.6) is 0 Å². The van der Waals surface area contributed by atoms with Gasteiger partial charge in [0.2, 0.25) is 0 Å². The molecule has 2 aromatic rings. The highest BCUT2D eigenvalue weighted by Gasteiger charge is 2.11. The fourth-order valence-corrected chi connectivity index (χ4v) is 1.91. The van der Waals surface area contributed by atoms with Crippen LogP contribution in [0.4, 0.5) is 0 Å². The van der Waals surface area contributed by atoms with Crippen LogP contribution >= 0.6 is 0 Å². The van der Waals surface area contributed by atoms with Crippen molar-refractivity contribution in [3.63, 3.8) is 0 Å². The van der Waals surface area contributed by atoms with Crippen LogP contribution in [0.2, 0.25) is 0 Å². The molecule has 4 heteroatoms. The third-order valence-corrected chi connectivity index (χ3v) is 2.62. The van der Waals surface area contributed by atoms with Gasteiger partial charge >= 0.3 is 0 Å². The third kappa shape index (κ3) is 1.93. The Kier molecular flexibility index (Phi) is 2.92. The van der Waals surface area contributed by atoms with Gasteiger partial charge < -0.3 is 5.73 Å². The molecule has 0 radical (unpaired) electrons. The van der Waals surface area contributed by atoms with Crippen LogP contribution in [-0.2, 0) is 6.42 Å². The number of fused-ring (bicyclic) bond motifs is 1. The summed E-state index contributed by atoms with van der Waals surface area (Å²) in [4.78, 5) is 0. The van der Waals surface area contributed by atoms with Crippen LogP contribution in [0.3, 0.4) is 0 Å². The first kappa shape index (κ1) is 11.1. The minimum Gasteiger partial charge on any atom is -0.328 e. The van der Waals surface area contributed by atoms with Crippen molar-refractivity contribution < 1.29 is 0 Å². The van der Waals surface area contributed by atoms with Gasteiger partial charge in [0.25, 0.3) is 0 Å². The van der Waals surface area contributed by atoms with E-state index in [1.165, 1.54) is 5.56 Å². The topological polar surface area (TPSA) is 56.7 Å². The van der Waals surface area contributed by atoms with E-state index in [1.54, 1.807) is 0 Å². The predicted molar refractivity (Wildman–Crippen MR) is 65.3 cm³/mol. The molecule has 1 heterocycles. The van der Waals surface area contributed by atoms with Crippen LogP contribution in [-0.4, -0.2) is 21.0 Å². The highest BCUT2D eigenvalue weighted by Crippen LogP contribution is 2.19. The van der Waals surface area contributed by atoms with Crippen LogP contribution < -0.4 is 5.73 Å². The van der Waals surface area contributed by atoms with Crippen molar-refractivity contribution in [1.29, 1.82) is 0 Å². The molecular formula is C12H18N4. The van der Waals surface area contributed by atoms with Gasteiger partial charge in [0.1, 0.15) is 5.52 Å². The summed E-state index contributed by atoms with van der Waals surface area (Å²) in [5, 5.41) is 8.44. The number of nitrogens with two attached hydrogens (primary N) is 1.